The van der Waals surface area contributed by atoms with Crippen LogP contribution in [0.1, 0.15) is 20.3 Å². The van der Waals surface area contributed by atoms with E-state index in [1.807, 2.05) is 13.0 Å². The predicted molar refractivity (Wildman–Crippen MR) is 46.3 cm³/mol. The zero-order valence-electron chi connectivity index (χ0n) is 7.39. The Morgan fingerprint density at radius 1 is 1.67 bits per heavy atom. The van der Waals surface area contributed by atoms with Gasteiger partial charge in [-0.15, -0.1) is 0 Å². The highest BCUT2D eigenvalue weighted by molar-refractivity contribution is 5.85. The monoisotopic (exact) mass is 164 g/mol. The molecule has 12 heavy (non-hydrogen) atoms. The number of rotatable bonds is 2. The summed E-state index contributed by atoms with van der Waals surface area (Å²) in [6.07, 6.45) is 2.66. The molecule has 1 atom stereocenters. The summed E-state index contributed by atoms with van der Waals surface area (Å²) in [6.45, 7) is 4.23. The third-order valence-corrected chi connectivity index (χ3v) is 1.52. The average Bonchev–Trinajstić information content (AvgIpc) is 2.80. The maximum absolute atomic E-state index is 11.0. The largest absolute Gasteiger partial charge is 0.465 e. The number of carbonyl (C=O) groups excluding carboxylic acids is 1. The molecule has 1 rings (SSSR count). The van der Waals surface area contributed by atoms with Gasteiger partial charge in [0.1, 0.15) is 5.92 Å². The van der Waals surface area contributed by atoms with E-state index in [2.05, 4.69) is 11.8 Å². The Labute approximate surface area is 72.6 Å². The fourth-order valence-electron chi connectivity index (χ4n) is 0.868. The quantitative estimate of drug-likeness (QED) is 0.457. The third-order valence-electron chi connectivity index (χ3n) is 1.52. The molecule has 0 N–H and O–H groups in total. The van der Waals surface area contributed by atoms with Crippen molar-refractivity contribution in [2.75, 3.05) is 6.61 Å². The molecule has 0 fully saturated rings. The second-order valence-electron chi connectivity index (χ2n) is 2.51. The molecule has 64 valence electrons. The van der Waals surface area contributed by atoms with Gasteiger partial charge in [0, 0.05) is 12.0 Å². The van der Waals surface area contributed by atoms with E-state index in [4.69, 9.17) is 4.74 Å². The molecule has 0 aromatic carbocycles. The summed E-state index contributed by atoms with van der Waals surface area (Å²) in [5.74, 6) is 5.51. The predicted octanol–water partition coefficient (Wildman–Crippen LogP) is 1.52. The molecule has 0 spiro atoms. The van der Waals surface area contributed by atoms with Crippen molar-refractivity contribution in [2.24, 2.45) is 5.92 Å². The van der Waals surface area contributed by atoms with Crippen LogP contribution in [0.5, 0.6) is 0 Å². The normalized spacial score (nSPS) is 18.8. The fraction of sp³-hybridized carbons (Fsp3) is 0.500. The molecule has 0 amide bonds. The van der Waals surface area contributed by atoms with Gasteiger partial charge in [-0.3, -0.25) is 4.79 Å². The summed E-state index contributed by atoms with van der Waals surface area (Å²) >= 11 is 0. The molecule has 1 aliphatic carbocycles. The van der Waals surface area contributed by atoms with Crippen molar-refractivity contribution in [1.29, 1.82) is 0 Å². The number of hydrogen-bond acceptors (Lipinski definition) is 2. The van der Waals surface area contributed by atoms with Gasteiger partial charge in [0.15, 0.2) is 0 Å². The zero-order valence-corrected chi connectivity index (χ0v) is 7.39. The topological polar surface area (TPSA) is 26.3 Å². The number of carbonyl (C=O) groups is 1. The van der Waals surface area contributed by atoms with Gasteiger partial charge in [0.2, 0.25) is 0 Å². The first-order valence-corrected chi connectivity index (χ1v) is 4.16. The van der Waals surface area contributed by atoms with Crippen LogP contribution in [0.4, 0.5) is 0 Å². The van der Waals surface area contributed by atoms with Gasteiger partial charge in [-0.05, 0) is 6.92 Å². The van der Waals surface area contributed by atoms with E-state index in [0.29, 0.717) is 6.61 Å². The van der Waals surface area contributed by atoms with Crippen LogP contribution in [-0.2, 0) is 9.53 Å². The molecule has 0 radical (unpaired) electrons. The molecule has 0 aromatic heterocycles. The van der Waals surface area contributed by atoms with E-state index in [1.165, 1.54) is 0 Å². The average molecular weight is 164 g/mol. The Balaban J connectivity index is 2.31. The van der Waals surface area contributed by atoms with Crippen LogP contribution in [0, 0.1) is 17.8 Å². The molecular formula is C10H12O2. The van der Waals surface area contributed by atoms with E-state index in [9.17, 15) is 4.79 Å². The first-order chi connectivity index (χ1) is 5.79. The van der Waals surface area contributed by atoms with Gasteiger partial charge in [-0.1, -0.05) is 24.8 Å². The van der Waals surface area contributed by atoms with E-state index in [0.717, 1.165) is 12.0 Å². The summed E-state index contributed by atoms with van der Waals surface area (Å²) in [7, 11) is 0. The van der Waals surface area contributed by atoms with E-state index in [1.54, 1.807) is 6.92 Å². The van der Waals surface area contributed by atoms with Gasteiger partial charge in [-0.2, -0.15) is 0 Å². The maximum Gasteiger partial charge on any atom is 0.317 e. The Hall–Kier alpha value is -1.23. The number of esters is 1. The molecular weight excluding hydrogens is 152 g/mol. The lowest BCUT2D eigenvalue weighted by Gasteiger charge is -1.97. The van der Waals surface area contributed by atoms with Crippen molar-refractivity contribution in [3.63, 3.8) is 0 Å². The Morgan fingerprint density at radius 2 is 2.42 bits per heavy atom. The molecule has 0 aromatic rings. The lowest BCUT2D eigenvalue weighted by Crippen LogP contribution is -2.07. The second kappa shape index (κ2) is 3.96. The third kappa shape index (κ3) is 2.13. The molecule has 2 nitrogen and oxygen atoms in total. The summed E-state index contributed by atoms with van der Waals surface area (Å²) in [5, 5.41) is 0. The molecule has 0 saturated heterocycles. The van der Waals surface area contributed by atoms with E-state index < -0.39 is 0 Å². The highest BCUT2D eigenvalue weighted by Crippen LogP contribution is 2.28. The SMILES string of the molecule is CCC#CC1=C[C@H]1C(=O)OCC. The summed E-state index contributed by atoms with van der Waals surface area (Å²) in [5.41, 5.74) is 0.912. The van der Waals surface area contributed by atoms with Crippen molar-refractivity contribution in [1.82, 2.24) is 0 Å². The lowest BCUT2D eigenvalue weighted by molar-refractivity contribution is -0.143. The molecule has 1 aliphatic rings. The molecule has 2 heteroatoms. The van der Waals surface area contributed by atoms with Crippen molar-refractivity contribution in [2.45, 2.75) is 20.3 Å². The van der Waals surface area contributed by atoms with Gasteiger partial charge in [-0.25, -0.2) is 0 Å². The first-order valence-electron chi connectivity index (χ1n) is 4.16. The van der Waals surface area contributed by atoms with Crippen LogP contribution in [0.2, 0.25) is 0 Å². The maximum atomic E-state index is 11.0. The minimum absolute atomic E-state index is 0.135. The smallest absolute Gasteiger partial charge is 0.317 e. The van der Waals surface area contributed by atoms with Crippen molar-refractivity contribution >= 4 is 5.97 Å². The van der Waals surface area contributed by atoms with Crippen LogP contribution in [0.15, 0.2) is 11.6 Å². The van der Waals surface area contributed by atoms with Gasteiger partial charge in [0.25, 0.3) is 0 Å². The lowest BCUT2D eigenvalue weighted by atomic mass is 10.3. The Kier molecular flexibility index (Phi) is 2.93. The van der Waals surface area contributed by atoms with Gasteiger partial charge < -0.3 is 4.74 Å². The molecule has 0 aliphatic heterocycles. The van der Waals surface area contributed by atoms with E-state index >= 15 is 0 Å². The molecule has 0 heterocycles. The Bertz CT molecular complexity index is 265. The van der Waals surface area contributed by atoms with Crippen molar-refractivity contribution in [3.8, 4) is 11.8 Å². The second-order valence-corrected chi connectivity index (χ2v) is 2.51. The van der Waals surface area contributed by atoms with Crippen LogP contribution < -0.4 is 0 Å². The number of hydrogen-bond donors (Lipinski definition) is 0. The fourth-order valence-corrected chi connectivity index (χ4v) is 0.868. The van der Waals surface area contributed by atoms with Crippen LogP contribution in [0.25, 0.3) is 0 Å². The highest BCUT2D eigenvalue weighted by Gasteiger charge is 2.31. The standard InChI is InChI=1S/C10H12O2/c1-3-5-6-8-7-9(8)10(11)12-4-2/h7,9H,3-4H2,1-2H3/t9-/m1/s1. The summed E-state index contributed by atoms with van der Waals surface area (Å²) in [6, 6.07) is 0. The highest BCUT2D eigenvalue weighted by atomic mass is 16.5. The van der Waals surface area contributed by atoms with Crippen molar-refractivity contribution in [3.05, 3.63) is 11.6 Å². The summed E-state index contributed by atoms with van der Waals surface area (Å²) in [4.78, 5) is 11.0. The molecule has 0 unspecified atom stereocenters. The Morgan fingerprint density at radius 3 is 3.00 bits per heavy atom. The molecule has 0 bridgehead atoms. The molecule has 0 saturated carbocycles. The van der Waals surface area contributed by atoms with Crippen LogP contribution in [0.3, 0.4) is 0 Å². The van der Waals surface area contributed by atoms with Crippen LogP contribution in [-0.4, -0.2) is 12.6 Å². The zero-order chi connectivity index (χ0) is 8.97. The minimum atomic E-state index is -0.169. The van der Waals surface area contributed by atoms with Crippen LogP contribution >= 0.6 is 0 Å². The first kappa shape index (κ1) is 8.86. The van der Waals surface area contributed by atoms with Gasteiger partial charge in [0.05, 0.1) is 6.61 Å². The van der Waals surface area contributed by atoms with Crippen molar-refractivity contribution < 1.29 is 9.53 Å². The minimum Gasteiger partial charge on any atom is -0.465 e. The summed E-state index contributed by atoms with van der Waals surface area (Å²) < 4.78 is 4.82. The van der Waals surface area contributed by atoms with E-state index in [-0.39, 0.29) is 11.9 Å². The number of ether oxygens (including phenoxy) is 1. The van der Waals surface area contributed by atoms with Gasteiger partial charge >= 0.3 is 5.97 Å².